The van der Waals surface area contributed by atoms with Crippen LogP contribution in [0.1, 0.15) is 42.1 Å². The first kappa shape index (κ1) is 24.1. The second-order valence-corrected chi connectivity index (χ2v) is 8.74. The summed E-state index contributed by atoms with van der Waals surface area (Å²) in [6, 6.07) is 22.7. The molecule has 3 heterocycles. The number of hydrogen-bond acceptors (Lipinski definition) is 4. The number of nitrogens with zero attached hydrogens (tertiary/aromatic N) is 3. The van der Waals surface area contributed by atoms with Crippen LogP contribution in [0.4, 0.5) is 5.69 Å². The first-order chi connectivity index (χ1) is 18.2. The number of anilines is 1. The molecule has 5 rings (SSSR count). The summed E-state index contributed by atoms with van der Waals surface area (Å²) in [5, 5.41) is 8.75. The highest BCUT2D eigenvalue weighted by Gasteiger charge is 2.09. The van der Waals surface area contributed by atoms with E-state index in [-0.39, 0.29) is 0 Å². The third kappa shape index (κ3) is 5.98. The van der Waals surface area contributed by atoms with Crippen molar-refractivity contribution in [3.8, 4) is 5.75 Å². The number of ether oxygens (including phenoxy) is 1. The summed E-state index contributed by atoms with van der Waals surface area (Å²) < 4.78 is 6.23. The summed E-state index contributed by atoms with van der Waals surface area (Å²) in [4.78, 5) is 9.95. The molecule has 3 aromatic heterocycles. The first-order valence-corrected chi connectivity index (χ1v) is 12.6. The van der Waals surface area contributed by atoms with Gasteiger partial charge in [0.05, 0.1) is 17.1 Å². The highest BCUT2D eigenvalue weighted by atomic mass is 16.5. The zero-order chi connectivity index (χ0) is 25.5. The van der Waals surface area contributed by atoms with Crippen LogP contribution in [0.2, 0.25) is 0 Å². The van der Waals surface area contributed by atoms with Gasteiger partial charge in [0.15, 0.2) is 0 Å². The van der Waals surface area contributed by atoms with Gasteiger partial charge in [-0.3, -0.25) is 10.1 Å². The van der Waals surface area contributed by atoms with Crippen molar-refractivity contribution in [1.82, 2.24) is 20.2 Å². The Hall–Kier alpha value is -4.58. The van der Waals surface area contributed by atoms with E-state index in [0.717, 1.165) is 58.3 Å². The molecular formula is C31H31N5O. The molecule has 0 spiro atoms. The molecule has 6 nitrogen and oxygen atoms in total. The molecule has 0 saturated carbocycles. The molecule has 6 heteroatoms. The van der Waals surface area contributed by atoms with Crippen LogP contribution in [0.25, 0.3) is 35.2 Å². The molecular weight excluding hydrogens is 458 g/mol. The summed E-state index contributed by atoms with van der Waals surface area (Å²) in [6.07, 6.45) is 11.9. The Kier molecular flexibility index (Phi) is 7.46. The van der Waals surface area contributed by atoms with Gasteiger partial charge < -0.3 is 14.6 Å². The van der Waals surface area contributed by atoms with Crippen molar-refractivity contribution < 1.29 is 4.74 Å². The van der Waals surface area contributed by atoms with E-state index in [0.29, 0.717) is 6.61 Å². The monoisotopic (exact) mass is 489 g/mol. The minimum Gasteiger partial charge on any atom is -0.487 e. The number of rotatable bonds is 10. The lowest BCUT2D eigenvalue weighted by Crippen LogP contribution is -2.21. The van der Waals surface area contributed by atoms with Gasteiger partial charge in [-0.15, -0.1) is 0 Å². The van der Waals surface area contributed by atoms with E-state index >= 15 is 0 Å². The van der Waals surface area contributed by atoms with E-state index in [1.165, 1.54) is 5.39 Å². The van der Waals surface area contributed by atoms with Gasteiger partial charge in [-0.05, 0) is 85.5 Å². The van der Waals surface area contributed by atoms with Crippen LogP contribution >= 0.6 is 0 Å². The summed E-state index contributed by atoms with van der Waals surface area (Å²) >= 11 is 0. The highest BCUT2D eigenvalue weighted by Crippen LogP contribution is 2.28. The number of nitrogens with one attached hydrogen (secondary N) is 2. The van der Waals surface area contributed by atoms with Crippen molar-refractivity contribution in [1.29, 1.82) is 0 Å². The SMILES string of the molecule is CCN(CC)c1ccc(C=Cc2cc(C=Cc3ccc4cc[nH]c4c3)n[nH]2)c(OCc2ccccn2)c1. The maximum Gasteiger partial charge on any atom is 0.130 e. The smallest absolute Gasteiger partial charge is 0.130 e. The number of aromatic amines is 2. The predicted octanol–water partition coefficient (Wildman–Crippen LogP) is 7.05. The third-order valence-electron chi connectivity index (χ3n) is 6.31. The van der Waals surface area contributed by atoms with Gasteiger partial charge in [0.25, 0.3) is 0 Å². The fourth-order valence-corrected chi connectivity index (χ4v) is 4.26. The second kappa shape index (κ2) is 11.4. The number of benzene rings is 2. The largest absolute Gasteiger partial charge is 0.487 e. The van der Waals surface area contributed by atoms with Crippen molar-refractivity contribution in [2.45, 2.75) is 20.5 Å². The third-order valence-corrected chi connectivity index (χ3v) is 6.31. The maximum atomic E-state index is 6.23. The Morgan fingerprint density at radius 3 is 2.65 bits per heavy atom. The van der Waals surface area contributed by atoms with Gasteiger partial charge >= 0.3 is 0 Å². The summed E-state index contributed by atoms with van der Waals surface area (Å²) in [5.41, 5.74) is 7.07. The Morgan fingerprint density at radius 2 is 1.81 bits per heavy atom. The second-order valence-electron chi connectivity index (χ2n) is 8.74. The van der Waals surface area contributed by atoms with Crippen LogP contribution in [0, 0.1) is 0 Å². The normalized spacial score (nSPS) is 11.6. The summed E-state index contributed by atoms with van der Waals surface area (Å²) in [7, 11) is 0. The predicted molar refractivity (Wildman–Crippen MR) is 153 cm³/mol. The Balaban J connectivity index is 1.33. The lowest BCUT2D eigenvalue weighted by molar-refractivity contribution is 0.301. The molecule has 0 unspecified atom stereocenters. The van der Waals surface area contributed by atoms with Gasteiger partial charge in [0.1, 0.15) is 12.4 Å². The average molecular weight is 490 g/mol. The van der Waals surface area contributed by atoms with Crippen LogP contribution in [-0.2, 0) is 6.61 Å². The maximum absolute atomic E-state index is 6.23. The van der Waals surface area contributed by atoms with Crippen LogP contribution in [0.3, 0.4) is 0 Å². The van der Waals surface area contributed by atoms with Crippen molar-refractivity contribution in [3.05, 3.63) is 107 Å². The van der Waals surface area contributed by atoms with Gasteiger partial charge in [0.2, 0.25) is 0 Å². The molecule has 0 aliphatic carbocycles. The Bertz CT molecular complexity index is 1510. The average Bonchev–Trinajstić information content (AvgIpc) is 3.60. The molecule has 37 heavy (non-hydrogen) atoms. The first-order valence-electron chi connectivity index (χ1n) is 12.6. The minimum absolute atomic E-state index is 0.413. The van der Waals surface area contributed by atoms with Crippen molar-refractivity contribution >= 4 is 40.9 Å². The number of pyridine rings is 1. The van der Waals surface area contributed by atoms with Crippen LogP contribution < -0.4 is 9.64 Å². The van der Waals surface area contributed by atoms with Crippen molar-refractivity contribution in [3.63, 3.8) is 0 Å². The quantitative estimate of drug-likeness (QED) is 0.220. The molecule has 0 aliphatic heterocycles. The molecule has 0 fully saturated rings. The van der Waals surface area contributed by atoms with Crippen molar-refractivity contribution in [2.75, 3.05) is 18.0 Å². The van der Waals surface area contributed by atoms with Crippen LogP contribution in [0.15, 0.2) is 79.1 Å². The number of hydrogen-bond donors (Lipinski definition) is 2. The van der Waals surface area contributed by atoms with E-state index < -0.39 is 0 Å². The molecule has 0 radical (unpaired) electrons. The summed E-state index contributed by atoms with van der Waals surface area (Å²) in [6.45, 7) is 6.61. The molecule has 2 N–H and O–H groups in total. The van der Waals surface area contributed by atoms with Crippen LogP contribution in [-0.4, -0.2) is 33.3 Å². The molecule has 0 aliphatic rings. The van der Waals surface area contributed by atoms with Gasteiger partial charge in [-0.1, -0.05) is 24.3 Å². The lowest BCUT2D eigenvalue weighted by atomic mass is 10.1. The van der Waals surface area contributed by atoms with Crippen LogP contribution in [0.5, 0.6) is 5.75 Å². The van der Waals surface area contributed by atoms with Gasteiger partial charge in [-0.2, -0.15) is 5.10 Å². The standard InChI is InChI=1S/C31H31N5O/c1-3-36(4-2)29-15-12-25(31(21-29)37-22-28-7-5-6-17-32-28)11-14-27-20-26(34-35-27)13-9-23-8-10-24-16-18-33-30(24)19-23/h5-21,33H,3-4,22H2,1-2H3,(H,34,35). The van der Waals surface area contributed by atoms with E-state index in [1.807, 2.05) is 42.6 Å². The topological polar surface area (TPSA) is 69.8 Å². The zero-order valence-electron chi connectivity index (χ0n) is 21.2. The number of H-pyrrole nitrogens is 2. The molecule has 2 aromatic carbocycles. The minimum atomic E-state index is 0.413. The summed E-state index contributed by atoms with van der Waals surface area (Å²) in [5.74, 6) is 0.825. The molecule has 0 amide bonds. The van der Waals surface area contributed by atoms with E-state index in [4.69, 9.17) is 4.74 Å². The highest BCUT2D eigenvalue weighted by molar-refractivity contribution is 5.83. The van der Waals surface area contributed by atoms with Crippen molar-refractivity contribution in [2.24, 2.45) is 0 Å². The molecule has 0 atom stereocenters. The lowest BCUT2D eigenvalue weighted by Gasteiger charge is -2.22. The fourth-order valence-electron chi connectivity index (χ4n) is 4.26. The van der Waals surface area contributed by atoms with Gasteiger partial charge in [-0.25, -0.2) is 0 Å². The Morgan fingerprint density at radius 1 is 0.892 bits per heavy atom. The van der Waals surface area contributed by atoms with E-state index in [2.05, 4.69) is 93.5 Å². The molecule has 5 aromatic rings. The fraction of sp³-hybridized carbons (Fsp3) is 0.161. The molecule has 0 saturated heterocycles. The van der Waals surface area contributed by atoms with E-state index in [1.54, 1.807) is 6.20 Å². The van der Waals surface area contributed by atoms with Gasteiger partial charge in [0, 0.05) is 48.3 Å². The molecule has 186 valence electrons. The molecule has 0 bridgehead atoms. The van der Waals surface area contributed by atoms with E-state index in [9.17, 15) is 0 Å². The Labute approximate surface area is 217 Å². The number of fused-ring (bicyclic) bond motifs is 1. The zero-order valence-corrected chi connectivity index (χ0v) is 21.2. The number of aromatic nitrogens is 4.